The Hall–Kier alpha value is -3.05. The molecule has 2 aromatic carbocycles. The van der Waals surface area contributed by atoms with Crippen LogP contribution >= 0.6 is 11.6 Å². The topological polar surface area (TPSA) is 54.5 Å². The van der Waals surface area contributed by atoms with Gasteiger partial charge in [-0.1, -0.05) is 35.9 Å². The van der Waals surface area contributed by atoms with E-state index in [1.807, 2.05) is 6.07 Å². The van der Waals surface area contributed by atoms with Crippen molar-refractivity contribution in [2.24, 2.45) is 0 Å². The second kappa shape index (κ2) is 7.90. The molecule has 6 heteroatoms. The molecule has 0 saturated carbocycles. The van der Waals surface area contributed by atoms with Gasteiger partial charge in [0, 0.05) is 25.0 Å². The van der Waals surface area contributed by atoms with Crippen LogP contribution in [0.15, 0.2) is 60.9 Å². The van der Waals surface area contributed by atoms with Crippen molar-refractivity contribution in [1.29, 1.82) is 0 Å². The number of methoxy groups -OCH3 is 1. The van der Waals surface area contributed by atoms with Crippen LogP contribution in [0.5, 0.6) is 5.75 Å². The first-order valence-electron chi connectivity index (χ1n) is 9.06. The summed E-state index contributed by atoms with van der Waals surface area (Å²) in [4.78, 5) is 19.2. The molecule has 2 heterocycles. The molecule has 5 nitrogen and oxygen atoms in total. The van der Waals surface area contributed by atoms with Crippen molar-refractivity contribution in [3.8, 4) is 5.75 Å². The van der Waals surface area contributed by atoms with Gasteiger partial charge >= 0.3 is 0 Å². The Kier molecular flexibility index (Phi) is 5.17. The van der Waals surface area contributed by atoms with Crippen LogP contribution in [0.3, 0.4) is 0 Å². The summed E-state index contributed by atoms with van der Waals surface area (Å²) in [5.74, 6) is 0.335. The van der Waals surface area contributed by atoms with Crippen LogP contribution in [0.25, 0.3) is 0 Å². The van der Waals surface area contributed by atoms with Crippen molar-refractivity contribution in [3.05, 3.63) is 82.6 Å². The van der Waals surface area contributed by atoms with Gasteiger partial charge in [-0.25, -0.2) is 0 Å². The van der Waals surface area contributed by atoms with Gasteiger partial charge in [0.05, 0.1) is 29.6 Å². The van der Waals surface area contributed by atoms with E-state index in [4.69, 9.17) is 16.3 Å². The number of carbonyl (C=O) groups is 1. The van der Waals surface area contributed by atoms with Crippen LogP contribution in [-0.4, -0.2) is 24.5 Å². The number of benzene rings is 2. The molecule has 1 aliphatic heterocycles. The molecule has 0 saturated heterocycles. The molecule has 0 spiro atoms. The van der Waals surface area contributed by atoms with Crippen molar-refractivity contribution in [2.45, 2.75) is 13.0 Å². The standard InChI is InChI=1S/C22H20ClN3O2/c1-28-21-7-6-18(11-20(21)23)25-22(27)17-10-19(13-24-12-17)26-9-8-15-4-2-3-5-16(15)14-26/h2-7,10-13H,8-9,14H2,1H3,(H,25,27). The molecule has 1 aliphatic rings. The summed E-state index contributed by atoms with van der Waals surface area (Å²) in [5.41, 5.74) is 4.75. The third-order valence-electron chi connectivity index (χ3n) is 4.89. The molecule has 0 radical (unpaired) electrons. The van der Waals surface area contributed by atoms with Crippen LogP contribution in [0.4, 0.5) is 11.4 Å². The molecule has 0 atom stereocenters. The summed E-state index contributed by atoms with van der Waals surface area (Å²) in [7, 11) is 1.55. The lowest BCUT2D eigenvalue weighted by atomic mass is 9.99. The molecule has 28 heavy (non-hydrogen) atoms. The Balaban J connectivity index is 1.51. The van der Waals surface area contributed by atoms with E-state index in [1.165, 1.54) is 11.1 Å². The van der Waals surface area contributed by atoms with Crippen molar-refractivity contribution >= 4 is 28.9 Å². The Bertz CT molecular complexity index is 1020. The highest BCUT2D eigenvalue weighted by atomic mass is 35.5. The van der Waals surface area contributed by atoms with Gasteiger partial charge in [0.1, 0.15) is 5.75 Å². The summed E-state index contributed by atoms with van der Waals surface area (Å²) in [5, 5.41) is 3.30. The summed E-state index contributed by atoms with van der Waals surface area (Å²) in [6, 6.07) is 15.5. The highest BCUT2D eigenvalue weighted by Gasteiger charge is 2.18. The number of nitrogens with zero attached hydrogens (tertiary/aromatic N) is 2. The SMILES string of the molecule is COc1ccc(NC(=O)c2cncc(N3CCc4ccccc4C3)c2)cc1Cl. The van der Waals surface area contributed by atoms with Gasteiger partial charge in [-0.05, 0) is 41.8 Å². The number of carbonyl (C=O) groups excluding carboxylic acids is 1. The van der Waals surface area contributed by atoms with Gasteiger partial charge in [0.25, 0.3) is 5.91 Å². The van der Waals surface area contributed by atoms with Gasteiger partial charge in [0.15, 0.2) is 0 Å². The molecule has 1 amide bonds. The molecule has 3 aromatic rings. The molecule has 1 N–H and O–H groups in total. The van der Waals surface area contributed by atoms with Crippen molar-refractivity contribution in [1.82, 2.24) is 4.98 Å². The van der Waals surface area contributed by atoms with Gasteiger partial charge < -0.3 is 15.0 Å². The first-order chi connectivity index (χ1) is 13.6. The number of anilines is 2. The number of nitrogens with one attached hydrogen (secondary N) is 1. The van der Waals surface area contributed by atoms with E-state index < -0.39 is 0 Å². The maximum Gasteiger partial charge on any atom is 0.257 e. The number of ether oxygens (including phenoxy) is 1. The fourth-order valence-electron chi connectivity index (χ4n) is 3.39. The summed E-state index contributed by atoms with van der Waals surface area (Å²) in [6.45, 7) is 1.72. The predicted octanol–water partition coefficient (Wildman–Crippen LogP) is 4.56. The molecular formula is C22H20ClN3O2. The average Bonchev–Trinajstić information content (AvgIpc) is 2.73. The molecule has 0 unspecified atom stereocenters. The fourth-order valence-corrected chi connectivity index (χ4v) is 3.65. The molecule has 0 bridgehead atoms. The Morgan fingerprint density at radius 1 is 1.14 bits per heavy atom. The molecule has 0 fully saturated rings. The molecule has 0 aliphatic carbocycles. The van der Waals surface area contributed by atoms with Gasteiger partial charge in [-0.15, -0.1) is 0 Å². The Morgan fingerprint density at radius 3 is 2.75 bits per heavy atom. The lowest BCUT2D eigenvalue weighted by molar-refractivity contribution is 0.102. The van der Waals surface area contributed by atoms with Gasteiger partial charge in [0.2, 0.25) is 0 Å². The number of pyridine rings is 1. The minimum atomic E-state index is -0.229. The van der Waals surface area contributed by atoms with E-state index in [9.17, 15) is 4.79 Å². The lowest BCUT2D eigenvalue weighted by Crippen LogP contribution is -2.30. The third-order valence-corrected chi connectivity index (χ3v) is 5.19. The van der Waals surface area contributed by atoms with Crippen molar-refractivity contribution < 1.29 is 9.53 Å². The lowest BCUT2D eigenvalue weighted by Gasteiger charge is -2.30. The van der Waals surface area contributed by atoms with Gasteiger partial charge in [-0.2, -0.15) is 0 Å². The summed E-state index contributed by atoms with van der Waals surface area (Å²) in [6.07, 6.45) is 4.35. The first-order valence-corrected chi connectivity index (χ1v) is 9.43. The summed E-state index contributed by atoms with van der Waals surface area (Å²) < 4.78 is 5.14. The monoisotopic (exact) mass is 393 g/mol. The minimum absolute atomic E-state index is 0.229. The number of rotatable bonds is 4. The van der Waals surface area contributed by atoms with Crippen LogP contribution in [0, 0.1) is 0 Å². The second-order valence-corrected chi connectivity index (χ2v) is 7.08. The highest BCUT2D eigenvalue weighted by Crippen LogP contribution is 2.28. The smallest absolute Gasteiger partial charge is 0.257 e. The number of amides is 1. The highest BCUT2D eigenvalue weighted by molar-refractivity contribution is 6.32. The van der Waals surface area contributed by atoms with Crippen molar-refractivity contribution in [3.63, 3.8) is 0 Å². The van der Waals surface area contributed by atoms with Crippen LogP contribution in [0.2, 0.25) is 5.02 Å². The maximum absolute atomic E-state index is 12.7. The molecule has 142 valence electrons. The Labute approximate surface area is 168 Å². The van der Waals surface area contributed by atoms with Gasteiger partial charge in [-0.3, -0.25) is 9.78 Å². The van der Waals surface area contributed by atoms with Crippen LogP contribution in [0.1, 0.15) is 21.5 Å². The second-order valence-electron chi connectivity index (χ2n) is 6.68. The van der Waals surface area contributed by atoms with Crippen LogP contribution < -0.4 is 15.0 Å². The number of aromatic nitrogens is 1. The quantitative estimate of drug-likeness (QED) is 0.706. The zero-order valence-electron chi connectivity index (χ0n) is 15.5. The number of hydrogen-bond acceptors (Lipinski definition) is 4. The largest absolute Gasteiger partial charge is 0.495 e. The molecule has 1 aromatic heterocycles. The van der Waals surface area contributed by atoms with Crippen molar-refractivity contribution in [2.75, 3.05) is 23.9 Å². The van der Waals surface area contributed by atoms with E-state index in [-0.39, 0.29) is 5.91 Å². The first kappa shape index (κ1) is 18.3. The third kappa shape index (κ3) is 3.80. The predicted molar refractivity (Wildman–Crippen MR) is 111 cm³/mol. The van der Waals surface area contributed by atoms with E-state index in [0.29, 0.717) is 22.0 Å². The maximum atomic E-state index is 12.7. The zero-order chi connectivity index (χ0) is 19.5. The normalized spacial score (nSPS) is 13.0. The van der Waals surface area contributed by atoms with E-state index in [2.05, 4.69) is 39.5 Å². The molecular weight excluding hydrogens is 374 g/mol. The minimum Gasteiger partial charge on any atom is -0.495 e. The Morgan fingerprint density at radius 2 is 1.96 bits per heavy atom. The van der Waals surface area contributed by atoms with E-state index in [1.54, 1.807) is 37.7 Å². The number of fused-ring (bicyclic) bond motifs is 1. The number of halogens is 1. The van der Waals surface area contributed by atoms with Crippen LogP contribution in [-0.2, 0) is 13.0 Å². The number of hydrogen-bond donors (Lipinski definition) is 1. The van der Waals surface area contributed by atoms with E-state index in [0.717, 1.165) is 25.2 Å². The van der Waals surface area contributed by atoms with E-state index >= 15 is 0 Å². The summed E-state index contributed by atoms with van der Waals surface area (Å²) >= 11 is 6.13. The average molecular weight is 394 g/mol. The zero-order valence-corrected chi connectivity index (χ0v) is 16.2. The molecule has 4 rings (SSSR count). The fraction of sp³-hybridized carbons (Fsp3) is 0.182.